The fourth-order valence-electron chi connectivity index (χ4n) is 3.95. The van der Waals surface area contributed by atoms with E-state index in [-0.39, 0.29) is 12.5 Å². The summed E-state index contributed by atoms with van der Waals surface area (Å²) in [7, 11) is 0. The van der Waals surface area contributed by atoms with E-state index < -0.39 is 24.5 Å². The average Bonchev–Trinajstić information content (AvgIpc) is 3.06. The molecule has 1 aliphatic carbocycles. The zero-order valence-electron chi connectivity index (χ0n) is 16.0. The van der Waals surface area contributed by atoms with Gasteiger partial charge in [0.15, 0.2) is 0 Å². The van der Waals surface area contributed by atoms with Crippen molar-refractivity contribution in [1.82, 2.24) is 5.32 Å². The minimum atomic E-state index is -1.29. The number of nitrogens with one attached hydrogen (secondary N) is 1. The standard InChI is InChI=1S/C24H20ClNO4/c25-21-12-6-5-11-19(21)22(13-23(27)28)26-24(29)30-14-20-17-9-3-1-7-15(17)16-8-2-4-10-18(16)20/h1-12,20,22H,13-14H2,(H,26,29)(H,27,28)/p-1/t22-/m1/s1. The Morgan fingerprint density at radius 1 is 0.933 bits per heavy atom. The lowest BCUT2D eigenvalue weighted by molar-refractivity contribution is -0.306. The Balaban J connectivity index is 1.49. The molecule has 0 fully saturated rings. The molecule has 4 rings (SSSR count). The SMILES string of the molecule is O=C([O-])C[C@@H](NC(=O)OCC1c2ccccc2-c2ccccc21)c1ccccc1Cl. The molecule has 1 N–H and O–H groups in total. The van der Waals surface area contributed by atoms with Crippen LogP contribution in [0.1, 0.15) is 35.1 Å². The number of fused-ring (bicyclic) bond motifs is 3. The fraction of sp³-hybridized carbons (Fsp3) is 0.167. The Hall–Kier alpha value is -3.31. The van der Waals surface area contributed by atoms with Gasteiger partial charge < -0.3 is 20.0 Å². The van der Waals surface area contributed by atoms with Crippen molar-refractivity contribution in [1.29, 1.82) is 0 Å². The highest BCUT2D eigenvalue weighted by Crippen LogP contribution is 2.44. The first-order valence-corrected chi connectivity index (χ1v) is 9.98. The quantitative estimate of drug-likeness (QED) is 0.652. The summed E-state index contributed by atoms with van der Waals surface area (Å²) in [5.41, 5.74) is 4.96. The second-order valence-corrected chi connectivity index (χ2v) is 7.53. The van der Waals surface area contributed by atoms with E-state index in [1.807, 2.05) is 36.4 Å². The zero-order valence-corrected chi connectivity index (χ0v) is 16.8. The van der Waals surface area contributed by atoms with Gasteiger partial charge in [0.2, 0.25) is 0 Å². The number of amides is 1. The maximum Gasteiger partial charge on any atom is 0.407 e. The number of hydrogen-bond acceptors (Lipinski definition) is 4. The van der Waals surface area contributed by atoms with Crippen LogP contribution in [-0.4, -0.2) is 18.7 Å². The van der Waals surface area contributed by atoms with E-state index in [4.69, 9.17) is 16.3 Å². The smallest absolute Gasteiger partial charge is 0.407 e. The lowest BCUT2D eigenvalue weighted by Crippen LogP contribution is -2.35. The van der Waals surface area contributed by atoms with Crippen molar-refractivity contribution in [2.45, 2.75) is 18.4 Å². The molecule has 1 atom stereocenters. The molecule has 3 aromatic carbocycles. The lowest BCUT2D eigenvalue weighted by Gasteiger charge is -2.21. The van der Waals surface area contributed by atoms with Gasteiger partial charge in [0.05, 0.1) is 6.04 Å². The average molecular weight is 421 g/mol. The van der Waals surface area contributed by atoms with E-state index in [0.29, 0.717) is 10.6 Å². The number of carboxylic acids is 1. The van der Waals surface area contributed by atoms with Crippen molar-refractivity contribution in [2.75, 3.05) is 6.61 Å². The van der Waals surface area contributed by atoms with E-state index in [1.165, 1.54) is 0 Å². The summed E-state index contributed by atoms with van der Waals surface area (Å²) in [5.74, 6) is -1.37. The minimum Gasteiger partial charge on any atom is -0.550 e. The summed E-state index contributed by atoms with van der Waals surface area (Å²) in [6, 6.07) is 22.0. The molecule has 0 aromatic heterocycles. The number of hydrogen-bond donors (Lipinski definition) is 1. The topological polar surface area (TPSA) is 78.5 Å². The van der Waals surface area contributed by atoms with Gasteiger partial charge in [-0.1, -0.05) is 78.3 Å². The van der Waals surface area contributed by atoms with Crippen molar-refractivity contribution in [3.8, 4) is 11.1 Å². The van der Waals surface area contributed by atoms with Gasteiger partial charge in [0.1, 0.15) is 6.61 Å². The molecule has 30 heavy (non-hydrogen) atoms. The summed E-state index contributed by atoms with van der Waals surface area (Å²) < 4.78 is 5.51. The summed E-state index contributed by atoms with van der Waals surface area (Å²) >= 11 is 6.17. The molecule has 0 radical (unpaired) electrons. The predicted molar refractivity (Wildman–Crippen MR) is 112 cm³/mol. The number of ether oxygens (including phenoxy) is 1. The number of benzene rings is 3. The Bertz CT molecular complexity index is 1050. The van der Waals surface area contributed by atoms with Gasteiger partial charge in [0.25, 0.3) is 0 Å². The molecule has 6 heteroatoms. The van der Waals surface area contributed by atoms with Crippen molar-refractivity contribution in [2.24, 2.45) is 0 Å². The van der Waals surface area contributed by atoms with Crippen molar-refractivity contribution >= 4 is 23.7 Å². The third-order valence-electron chi connectivity index (χ3n) is 5.29. The monoisotopic (exact) mass is 420 g/mol. The van der Waals surface area contributed by atoms with Crippen LogP contribution < -0.4 is 10.4 Å². The van der Waals surface area contributed by atoms with Crippen LogP contribution in [0.25, 0.3) is 11.1 Å². The molecule has 1 amide bonds. The van der Waals surface area contributed by atoms with Gasteiger partial charge in [0, 0.05) is 23.3 Å². The molecular formula is C24H19ClNO4-. The van der Waals surface area contributed by atoms with Crippen LogP contribution in [0.2, 0.25) is 5.02 Å². The third kappa shape index (κ3) is 4.02. The Kier molecular flexibility index (Phi) is 5.72. The molecule has 5 nitrogen and oxygen atoms in total. The summed E-state index contributed by atoms with van der Waals surface area (Å²) in [5, 5.41) is 14.1. The molecule has 1 aliphatic rings. The number of halogens is 1. The molecule has 3 aromatic rings. The van der Waals surface area contributed by atoms with Crippen molar-refractivity contribution < 1.29 is 19.4 Å². The number of carboxylic acid groups (broad SMARTS) is 1. The van der Waals surface area contributed by atoms with Crippen LogP contribution in [0, 0.1) is 0 Å². The van der Waals surface area contributed by atoms with E-state index >= 15 is 0 Å². The van der Waals surface area contributed by atoms with Crippen LogP contribution in [0.15, 0.2) is 72.8 Å². The van der Waals surface area contributed by atoms with Gasteiger partial charge in [-0.25, -0.2) is 4.79 Å². The Labute approximate surface area is 179 Å². The van der Waals surface area contributed by atoms with Crippen molar-refractivity contribution in [3.63, 3.8) is 0 Å². The molecule has 0 saturated carbocycles. The lowest BCUT2D eigenvalue weighted by atomic mass is 9.98. The summed E-state index contributed by atoms with van der Waals surface area (Å²) in [4.78, 5) is 23.7. The van der Waals surface area contributed by atoms with E-state index in [2.05, 4.69) is 17.4 Å². The zero-order chi connectivity index (χ0) is 21.1. The molecule has 0 spiro atoms. The van der Waals surface area contributed by atoms with Gasteiger partial charge in [-0.05, 0) is 33.9 Å². The fourth-order valence-corrected chi connectivity index (χ4v) is 4.21. The number of carbonyl (C=O) groups is 2. The van der Waals surface area contributed by atoms with Crippen LogP contribution in [-0.2, 0) is 9.53 Å². The second-order valence-electron chi connectivity index (χ2n) is 7.12. The number of alkyl carbamates (subject to hydrolysis) is 1. The normalized spacial score (nSPS) is 13.2. The largest absolute Gasteiger partial charge is 0.550 e. The first-order valence-electron chi connectivity index (χ1n) is 9.60. The molecule has 152 valence electrons. The first-order chi connectivity index (χ1) is 14.5. The minimum absolute atomic E-state index is 0.0805. The van der Waals surface area contributed by atoms with Crippen LogP contribution in [0.3, 0.4) is 0 Å². The van der Waals surface area contributed by atoms with Crippen LogP contribution in [0.4, 0.5) is 4.79 Å². The number of aliphatic carboxylic acids is 1. The van der Waals surface area contributed by atoms with Gasteiger partial charge >= 0.3 is 6.09 Å². The molecule has 0 heterocycles. The molecule has 0 saturated heterocycles. The molecule has 0 bridgehead atoms. The van der Waals surface area contributed by atoms with Gasteiger partial charge in [-0.3, -0.25) is 0 Å². The van der Waals surface area contributed by atoms with Gasteiger partial charge in [-0.15, -0.1) is 0 Å². The van der Waals surface area contributed by atoms with E-state index in [1.54, 1.807) is 24.3 Å². The van der Waals surface area contributed by atoms with Gasteiger partial charge in [-0.2, -0.15) is 0 Å². The molecule has 0 aliphatic heterocycles. The van der Waals surface area contributed by atoms with E-state index in [0.717, 1.165) is 22.3 Å². The highest BCUT2D eigenvalue weighted by molar-refractivity contribution is 6.31. The molecular weight excluding hydrogens is 402 g/mol. The predicted octanol–water partition coefficient (Wildman–Crippen LogP) is 4.06. The van der Waals surface area contributed by atoms with E-state index in [9.17, 15) is 14.7 Å². The first kappa shape index (κ1) is 20.0. The highest BCUT2D eigenvalue weighted by atomic mass is 35.5. The Morgan fingerprint density at radius 2 is 1.50 bits per heavy atom. The summed E-state index contributed by atoms with van der Waals surface area (Å²) in [6.07, 6.45) is -1.11. The maximum absolute atomic E-state index is 12.5. The number of carbonyl (C=O) groups excluding carboxylic acids is 2. The Morgan fingerprint density at radius 3 is 2.10 bits per heavy atom. The molecule has 0 unspecified atom stereocenters. The van der Waals surface area contributed by atoms with Crippen LogP contribution in [0.5, 0.6) is 0 Å². The van der Waals surface area contributed by atoms with Crippen LogP contribution >= 0.6 is 11.6 Å². The second kappa shape index (κ2) is 8.59. The third-order valence-corrected chi connectivity index (χ3v) is 5.63. The maximum atomic E-state index is 12.5. The van der Waals surface area contributed by atoms with Crippen molar-refractivity contribution in [3.05, 3.63) is 94.5 Å². The highest BCUT2D eigenvalue weighted by Gasteiger charge is 2.29. The summed E-state index contributed by atoms with van der Waals surface area (Å²) in [6.45, 7) is 0.139. The number of rotatable bonds is 6.